The first-order chi connectivity index (χ1) is 10.2. The van der Waals surface area contributed by atoms with Gasteiger partial charge in [-0.05, 0) is 39.3 Å². The van der Waals surface area contributed by atoms with Gasteiger partial charge in [0.25, 0.3) is 11.6 Å². The topological polar surface area (TPSA) is 89.8 Å². The van der Waals surface area contributed by atoms with Crippen LogP contribution in [0.5, 0.6) is 0 Å². The minimum Gasteiger partial charge on any atom is -0.456 e. The number of rotatable bonds is 3. The minimum absolute atomic E-state index is 0.153. The Bertz CT molecular complexity index is 629. The molecule has 1 fully saturated rings. The maximum absolute atomic E-state index is 12.1. The van der Waals surface area contributed by atoms with E-state index in [1.54, 1.807) is 25.7 Å². The highest BCUT2D eigenvalue weighted by Gasteiger charge is 2.28. The molecule has 2 rings (SSSR count). The normalized spacial score (nSPS) is 14.2. The second kappa shape index (κ2) is 5.75. The van der Waals surface area contributed by atoms with Gasteiger partial charge in [-0.2, -0.15) is 0 Å². The van der Waals surface area contributed by atoms with Crippen molar-refractivity contribution in [2.45, 2.75) is 32.8 Å². The first-order valence-corrected chi connectivity index (χ1v) is 7.00. The molecule has 118 valence electrons. The van der Waals surface area contributed by atoms with Gasteiger partial charge in [-0.3, -0.25) is 14.9 Å². The lowest BCUT2D eigenvalue weighted by Crippen LogP contribution is -2.42. The Morgan fingerprint density at radius 1 is 1.27 bits per heavy atom. The highest BCUT2D eigenvalue weighted by atomic mass is 16.6. The molecule has 1 saturated heterocycles. The van der Waals surface area contributed by atoms with Crippen molar-refractivity contribution in [1.29, 1.82) is 0 Å². The molecule has 1 aliphatic rings. The zero-order valence-electron chi connectivity index (χ0n) is 12.8. The van der Waals surface area contributed by atoms with Crippen LogP contribution in [0.25, 0.3) is 0 Å². The number of ether oxygens (including phenoxy) is 1. The van der Waals surface area contributed by atoms with Crippen molar-refractivity contribution in [1.82, 2.24) is 4.90 Å². The summed E-state index contributed by atoms with van der Waals surface area (Å²) in [5.41, 5.74) is -1.11. The summed E-state index contributed by atoms with van der Waals surface area (Å²) < 4.78 is 5.16. The predicted octanol–water partition coefficient (Wildman–Crippen LogP) is 2.40. The molecule has 0 spiro atoms. The summed E-state index contributed by atoms with van der Waals surface area (Å²) in [6, 6.07) is 3.84. The van der Waals surface area contributed by atoms with E-state index in [1.807, 2.05) is 0 Å². The number of likely N-dealkylation sites (tertiary alicyclic amines) is 1. The number of benzene rings is 1. The van der Waals surface area contributed by atoms with E-state index < -0.39 is 22.2 Å². The van der Waals surface area contributed by atoms with E-state index in [2.05, 4.69) is 0 Å². The summed E-state index contributed by atoms with van der Waals surface area (Å²) in [7, 11) is 0. The lowest BCUT2D eigenvalue weighted by Gasteiger charge is -2.30. The van der Waals surface area contributed by atoms with Crippen molar-refractivity contribution in [2.24, 2.45) is 0 Å². The lowest BCUT2D eigenvalue weighted by molar-refractivity contribution is -0.385. The van der Waals surface area contributed by atoms with Gasteiger partial charge in [0.15, 0.2) is 0 Å². The third-order valence-corrected chi connectivity index (χ3v) is 3.20. The van der Waals surface area contributed by atoms with E-state index in [9.17, 15) is 19.7 Å². The van der Waals surface area contributed by atoms with Crippen molar-refractivity contribution in [2.75, 3.05) is 13.1 Å². The number of nitro groups is 1. The molecular formula is C15H18N2O5. The van der Waals surface area contributed by atoms with Gasteiger partial charge in [-0.1, -0.05) is 0 Å². The second-order valence-corrected chi connectivity index (χ2v) is 6.14. The van der Waals surface area contributed by atoms with Gasteiger partial charge in [0.1, 0.15) is 11.2 Å². The molecule has 0 radical (unpaired) electrons. The summed E-state index contributed by atoms with van der Waals surface area (Å²) in [6.07, 6.45) is 0.934. The number of amides is 1. The third kappa shape index (κ3) is 3.41. The predicted molar refractivity (Wildman–Crippen MR) is 78.8 cm³/mol. The van der Waals surface area contributed by atoms with E-state index in [1.165, 1.54) is 12.1 Å². The molecule has 22 heavy (non-hydrogen) atoms. The van der Waals surface area contributed by atoms with Gasteiger partial charge in [0.2, 0.25) is 0 Å². The van der Waals surface area contributed by atoms with Crippen molar-refractivity contribution in [3.8, 4) is 0 Å². The van der Waals surface area contributed by atoms with Crippen LogP contribution in [0.3, 0.4) is 0 Å². The van der Waals surface area contributed by atoms with Gasteiger partial charge in [0, 0.05) is 24.7 Å². The summed E-state index contributed by atoms with van der Waals surface area (Å²) in [6.45, 7) is 6.34. The largest absolute Gasteiger partial charge is 0.456 e. The van der Waals surface area contributed by atoms with Gasteiger partial charge in [-0.25, -0.2) is 4.79 Å². The molecule has 0 atom stereocenters. The van der Waals surface area contributed by atoms with Gasteiger partial charge in [-0.15, -0.1) is 0 Å². The van der Waals surface area contributed by atoms with Crippen molar-refractivity contribution < 1.29 is 19.2 Å². The van der Waals surface area contributed by atoms with E-state index in [0.717, 1.165) is 12.5 Å². The molecule has 1 aliphatic heterocycles. The van der Waals surface area contributed by atoms with Gasteiger partial charge in [0.05, 0.1) is 4.92 Å². The smallest absolute Gasteiger partial charge is 0.345 e. The molecule has 1 aromatic carbocycles. The molecular weight excluding hydrogens is 288 g/mol. The Morgan fingerprint density at radius 3 is 2.36 bits per heavy atom. The molecule has 0 bridgehead atoms. The zero-order chi connectivity index (χ0) is 16.5. The first kappa shape index (κ1) is 15.9. The van der Waals surface area contributed by atoms with Crippen LogP contribution >= 0.6 is 0 Å². The summed E-state index contributed by atoms with van der Waals surface area (Å²) in [5, 5.41) is 11.2. The third-order valence-electron chi connectivity index (χ3n) is 3.20. The number of hydrogen-bond acceptors (Lipinski definition) is 5. The molecule has 0 aliphatic carbocycles. The number of carbonyl (C=O) groups excluding carboxylic acids is 2. The van der Waals surface area contributed by atoms with E-state index in [4.69, 9.17) is 4.74 Å². The van der Waals surface area contributed by atoms with E-state index in [0.29, 0.717) is 13.1 Å². The number of nitro benzene ring substituents is 1. The minimum atomic E-state index is -0.776. The maximum Gasteiger partial charge on any atom is 0.345 e. The Labute approximate surface area is 128 Å². The highest BCUT2D eigenvalue weighted by Crippen LogP contribution is 2.25. The Balaban J connectivity index is 2.33. The van der Waals surface area contributed by atoms with Crippen molar-refractivity contribution >= 4 is 17.6 Å². The first-order valence-electron chi connectivity index (χ1n) is 7.00. The Kier molecular flexibility index (Phi) is 4.16. The SMILES string of the molecule is CC(C)(C)OC(=O)c1ccc(C(=O)N2CCC2)cc1[N+](=O)[O-]. The van der Waals surface area contributed by atoms with E-state index >= 15 is 0 Å². The molecule has 0 aromatic heterocycles. The highest BCUT2D eigenvalue weighted by molar-refractivity contribution is 5.99. The Hall–Kier alpha value is -2.44. The van der Waals surface area contributed by atoms with Gasteiger partial charge >= 0.3 is 5.97 Å². The number of hydrogen-bond donors (Lipinski definition) is 0. The van der Waals surface area contributed by atoms with Crippen LogP contribution in [0.15, 0.2) is 18.2 Å². The van der Waals surface area contributed by atoms with Crippen LogP contribution in [0.1, 0.15) is 47.9 Å². The summed E-state index contributed by atoms with van der Waals surface area (Å²) in [4.78, 5) is 36.3. The second-order valence-electron chi connectivity index (χ2n) is 6.14. The molecule has 0 saturated carbocycles. The standard InChI is InChI=1S/C15H18N2O5/c1-15(2,3)22-14(19)11-6-5-10(9-12(11)17(20)21)13(18)16-7-4-8-16/h5-6,9H,4,7-8H2,1-3H3. The summed E-state index contributed by atoms with van der Waals surface area (Å²) in [5.74, 6) is -1.03. The van der Waals surface area contributed by atoms with Crippen LogP contribution in [-0.2, 0) is 4.74 Å². The molecule has 1 heterocycles. The van der Waals surface area contributed by atoms with Crippen LogP contribution in [0.2, 0.25) is 0 Å². The fourth-order valence-electron chi connectivity index (χ4n) is 2.02. The van der Waals surface area contributed by atoms with Crippen LogP contribution < -0.4 is 0 Å². The lowest BCUT2D eigenvalue weighted by atomic mass is 10.1. The van der Waals surface area contributed by atoms with Gasteiger partial charge < -0.3 is 9.64 Å². The fraction of sp³-hybridized carbons (Fsp3) is 0.467. The molecule has 7 nitrogen and oxygen atoms in total. The quantitative estimate of drug-likeness (QED) is 0.486. The monoisotopic (exact) mass is 306 g/mol. The average Bonchev–Trinajstić information content (AvgIpc) is 2.33. The number of esters is 1. The summed E-state index contributed by atoms with van der Waals surface area (Å²) >= 11 is 0. The Morgan fingerprint density at radius 2 is 1.91 bits per heavy atom. The van der Waals surface area contributed by atoms with Crippen molar-refractivity contribution in [3.05, 3.63) is 39.4 Å². The average molecular weight is 306 g/mol. The molecule has 7 heteroatoms. The van der Waals surface area contributed by atoms with Crippen molar-refractivity contribution in [3.63, 3.8) is 0 Å². The maximum atomic E-state index is 12.1. The molecule has 0 unspecified atom stereocenters. The van der Waals surface area contributed by atoms with Crippen LogP contribution in [-0.4, -0.2) is 40.4 Å². The number of carbonyl (C=O) groups is 2. The molecule has 1 aromatic rings. The fourth-order valence-corrected chi connectivity index (χ4v) is 2.02. The van der Waals surface area contributed by atoms with Crippen LogP contribution in [0, 0.1) is 10.1 Å². The van der Waals surface area contributed by atoms with Crippen LogP contribution in [0.4, 0.5) is 5.69 Å². The van der Waals surface area contributed by atoms with E-state index in [-0.39, 0.29) is 17.0 Å². The zero-order valence-corrected chi connectivity index (χ0v) is 12.8. The molecule has 1 amide bonds. The molecule has 0 N–H and O–H groups in total. The number of nitrogens with zero attached hydrogens (tertiary/aromatic N) is 2.